The Bertz CT molecular complexity index is 863. The van der Waals surface area contributed by atoms with Gasteiger partial charge in [0.15, 0.2) is 23.0 Å². The molecule has 5 heteroatoms. The lowest BCUT2D eigenvalue weighted by molar-refractivity contribution is 0.0872. The Morgan fingerprint density at radius 1 is 0.844 bits per heavy atom. The number of rotatable bonds is 11. The molecular formula is C27H38O5. The molecule has 176 valence electrons. The fourth-order valence-corrected chi connectivity index (χ4v) is 4.76. The van der Waals surface area contributed by atoms with Crippen LogP contribution in [0.15, 0.2) is 36.4 Å². The van der Waals surface area contributed by atoms with Gasteiger partial charge >= 0.3 is 0 Å². The summed E-state index contributed by atoms with van der Waals surface area (Å²) in [6, 6.07) is 12.4. The molecule has 0 aliphatic carbocycles. The summed E-state index contributed by atoms with van der Waals surface area (Å²) in [5, 5.41) is 0. The van der Waals surface area contributed by atoms with Crippen molar-refractivity contribution in [2.45, 2.75) is 45.6 Å². The molecule has 2 aromatic rings. The van der Waals surface area contributed by atoms with Crippen LogP contribution in [0.2, 0.25) is 0 Å². The Kier molecular flexibility index (Phi) is 8.68. The SMILES string of the molecule is COc1ccc(C[C@H]2CO[C@H](c3ccc(OC)c(OC)c3)[C@@H]2CCCC(C)C)cc1OC. The molecule has 3 rings (SSSR count). The molecule has 0 aromatic heterocycles. The summed E-state index contributed by atoms with van der Waals surface area (Å²) in [5.74, 6) is 4.62. The van der Waals surface area contributed by atoms with E-state index in [0.717, 1.165) is 48.0 Å². The maximum atomic E-state index is 6.42. The van der Waals surface area contributed by atoms with Gasteiger partial charge in [0.1, 0.15) is 0 Å². The standard InChI is InChI=1S/C27H38O5/c1-18(2)8-7-9-22-21(14-19-10-12-23(28-3)25(15-19)30-5)17-32-27(22)20-11-13-24(29-4)26(16-20)31-6/h10-13,15-16,18,21-22,27H,7-9,14,17H2,1-6H3/t21-,22+,27+/m0/s1. The first kappa shape index (κ1) is 24.2. The molecule has 32 heavy (non-hydrogen) atoms. The summed E-state index contributed by atoms with van der Waals surface area (Å²) in [6.07, 6.45) is 4.61. The van der Waals surface area contributed by atoms with Gasteiger partial charge in [-0.2, -0.15) is 0 Å². The van der Waals surface area contributed by atoms with Crippen LogP contribution in [-0.2, 0) is 11.2 Å². The van der Waals surface area contributed by atoms with Gasteiger partial charge in [0.25, 0.3) is 0 Å². The smallest absolute Gasteiger partial charge is 0.161 e. The van der Waals surface area contributed by atoms with Crippen molar-refractivity contribution in [3.8, 4) is 23.0 Å². The zero-order chi connectivity index (χ0) is 23.1. The van der Waals surface area contributed by atoms with Gasteiger partial charge in [-0.3, -0.25) is 0 Å². The molecule has 1 fully saturated rings. The zero-order valence-corrected chi connectivity index (χ0v) is 20.4. The lowest BCUT2D eigenvalue weighted by Crippen LogP contribution is -2.18. The molecule has 0 saturated carbocycles. The molecule has 0 spiro atoms. The van der Waals surface area contributed by atoms with Crippen molar-refractivity contribution in [1.29, 1.82) is 0 Å². The molecule has 1 heterocycles. The van der Waals surface area contributed by atoms with Crippen LogP contribution in [0.3, 0.4) is 0 Å². The molecule has 1 aliphatic rings. The average molecular weight is 443 g/mol. The van der Waals surface area contributed by atoms with E-state index >= 15 is 0 Å². The molecule has 3 atom stereocenters. The predicted octanol–water partition coefficient (Wildman–Crippen LogP) is 6.09. The second kappa shape index (κ2) is 11.5. The van der Waals surface area contributed by atoms with E-state index in [0.29, 0.717) is 17.8 Å². The predicted molar refractivity (Wildman–Crippen MR) is 127 cm³/mol. The van der Waals surface area contributed by atoms with E-state index in [9.17, 15) is 0 Å². The van der Waals surface area contributed by atoms with Crippen molar-refractivity contribution < 1.29 is 23.7 Å². The van der Waals surface area contributed by atoms with Gasteiger partial charge in [-0.25, -0.2) is 0 Å². The molecule has 0 amide bonds. The topological polar surface area (TPSA) is 46.2 Å². The van der Waals surface area contributed by atoms with Gasteiger partial charge < -0.3 is 23.7 Å². The highest BCUT2D eigenvalue weighted by atomic mass is 16.5. The van der Waals surface area contributed by atoms with E-state index in [1.165, 1.54) is 18.4 Å². The van der Waals surface area contributed by atoms with Crippen molar-refractivity contribution in [2.24, 2.45) is 17.8 Å². The fraction of sp³-hybridized carbons (Fsp3) is 0.556. The Balaban J connectivity index is 1.83. The third kappa shape index (κ3) is 5.69. The molecule has 0 bridgehead atoms. The van der Waals surface area contributed by atoms with Crippen LogP contribution in [0.4, 0.5) is 0 Å². The van der Waals surface area contributed by atoms with Crippen LogP contribution in [-0.4, -0.2) is 35.0 Å². The van der Waals surface area contributed by atoms with Crippen LogP contribution in [0.1, 0.15) is 50.3 Å². The minimum Gasteiger partial charge on any atom is -0.493 e. The Morgan fingerprint density at radius 2 is 1.47 bits per heavy atom. The maximum Gasteiger partial charge on any atom is 0.161 e. The fourth-order valence-electron chi connectivity index (χ4n) is 4.76. The van der Waals surface area contributed by atoms with Crippen molar-refractivity contribution in [3.05, 3.63) is 47.5 Å². The van der Waals surface area contributed by atoms with E-state index < -0.39 is 0 Å². The monoisotopic (exact) mass is 442 g/mol. The molecule has 2 aromatic carbocycles. The molecule has 0 radical (unpaired) electrons. The van der Waals surface area contributed by atoms with Gasteiger partial charge in [0.05, 0.1) is 41.2 Å². The average Bonchev–Trinajstić information content (AvgIpc) is 3.20. The number of ether oxygens (including phenoxy) is 5. The highest BCUT2D eigenvalue weighted by Crippen LogP contribution is 2.45. The Morgan fingerprint density at radius 3 is 2.09 bits per heavy atom. The van der Waals surface area contributed by atoms with E-state index in [4.69, 9.17) is 23.7 Å². The molecule has 1 saturated heterocycles. The largest absolute Gasteiger partial charge is 0.493 e. The van der Waals surface area contributed by atoms with Gasteiger partial charge in [-0.1, -0.05) is 38.8 Å². The van der Waals surface area contributed by atoms with Crippen LogP contribution in [0.25, 0.3) is 0 Å². The van der Waals surface area contributed by atoms with Crippen LogP contribution in [0.5, 0.6) is 23.0 Å². The highest BCUT2D eigenvalue weighted by molar-refractivity contribution is 5.44. The maximum absolute atomic E-state index is 6.42. The van der Waals surface area contributed by atoms with Crippen molar-refractivity contribution in [2.75, 3.05) is 35.0 Å². The van der Waals surface area contributed by atoms with E-state index in [1.807, 2.05) is 12.1 Å². The summed E-state index contributed by atoms with van der Waals surface area (Å²) in [7, 11) is 6.69. The number of methoxy groups -OCH3 is 4. The quantitative estimate of drug-likeness (QED) is 0.421. The third-order valence-electron chi connectivity index (χ3n) is 6.49. The first-order valence-corrected chi connectivity index (χ1v) is 11.5. The minimum absolute atomic E-state index is 0.0621. The van der Waals surface area contributed by atoms with Crippen LogP contribution >= 0.6 is 0 Å². The number of hydrogen-bond acceptors (Lipinski definition) is 5. The van der Waals surface area contributed by atoms with E-state index in [1.54, 1.807) is 28.4 Å². The normalized spacial score (nSPS) is 20.4. The van der Waals surface area contributed by atoms with Gasteiger partial charge in [-0.05, 0) is 66.0 Å². The Hall–Kier alpha value is -2.40. The second-order valence-corrected chi connectivity index (χ2v) is 9.01. The summed E-state index contributed by atoms with van der Waals surface area (Å²) >= 11 is 0. The van der Waals surface area contributed by atoms with Crippen molar-refractivity contribution in [3.63, 3.8) is 0 Å². The number of hydrogen-bond donors (Lipinski definition) is 0. The minimum atomic E-state index is 0.0621. The van der Waals surface area contributed by atoms with Crippen molar-refractivity contribution >= 4 is 0 Å². The summed E-state index contributed by atoms with van der Waals surface area (Å²) in [5.41, 5.74) is 2.41. The third-order valence-corrected chi connectivity index (χ3v) is 6.49. The van der Waals surface area contributed by atoms with Crippen LogP contribution < -0.4 is 18.9 Å². The Labute approximate surface area is 193 Å². The van der Waals surface area contributed by atoms with Gasteiger partial charge in [0.2, 0.25) is 0 Å². The molecule has 1 aliphatic heterocycles. The molecular weight excluding hydrogens is 404 g/mol. The van der Waals surface area contributed by atoms with E-state index in [-0.39, 0.29) is 6.10 Å². The zero-order valence-electron chi connectivity index (χ0n) is 20.4. The van der Waals surface area contributed by atoms with E-state index in [2.05, 4.69) is 38.1 Å². The molecule has 0 N–H and O–H groups in total. The first-order valence-electron chi connectivity index (χ1n) is 11.5. The van der Waals surface area contributed by atoms with Crippen molar-refractivity contribution in [1.82, 2.24) is 0 Å². The highest BCUT2D eigenvalue weighted by Gasteiger charge is 2.38. The van der Waals surface area contributed by atoms with Gasteiger partial charge in [0, 0.05) is 0 Å². The first-order chi connectivity index (χ1) is 15.5. The molecule has 0 unspecified atom stereocenters. The summed E-state index contributed by atoms with van der Waals surface area (Å²) < 4.78 is 28.3. The lowest BCUT2D eigenvalue weighted by atomic mass is 9.80. The van der Waals surface area contributed by atoms with Crippen LogP contribution in [0, 0.1) is 17.8 Å². The summed E-state index contributed by atoms with van der Waals surface area (Å²) in [4.78, 5) is 0. The summed E-state index contributed by atoms with van der Waals surface area (Å²) in [6.45, 7) is 5.33. The number of benzene rings is 2. The molecule has 5 nitrogen and oxygen atoms in total. The van der Waals surface area contributed by atoms with Gasteiger partial charge in [-0.15, -0.1) is 0 Å². The lowest BCUT2D eigenvalue weighted by Gasteiger charge is -2.24. The second-order valence-electron chi connectivity index (χ2n) is 9.01.